The van der Waals surface area contributed by atoms with Crippen molar-refractivity contribution in [2.45, 2.75) is 37.5 Å². The Labute approximate surface area is 253 Å². The lowest BCUT2D eigenvalue weighted by Gasteiger charge is -2.37. The van der Waals surface area contributed by atoms with E-state index in [-0.39, 0.29) is 24.3 Å². The number of hydrogen-bond acceptors (Lipinski definition) is 3. The van der Waals surface area contributed by atoms with E-state index < -0.39 is 18.1 Å². The van der Waals surface area contributed by atoms with Gasteiger partial charge in [-0.15, -0.1) is 0 Å². The third-order valence-corrected chi connectivity index (χ3v) is 8.85. The first-order valence-corrected chi connectivity index (χ1v) is 14.7. The number of nitrogens with one attached hydrogen (secondary N) is 3. The van der Waals surface area contributed by atoms with Crippen LogP contribution < -0.4 is 10.6 Å². The average molecular weight is 589 g/mol. The molecule has 214 valence electrons. The number of para-hydroxylation sites is 1. The second kappa shape index (κ2) is 11.1. The van der Waals surface area contributed by atoms with E-state index in [4.69, 9.17) is 11.6 Å². The summed E-state index contributed by atoms with van der Waals surface area (Å²) in [5.74, 6) is -0.878. The SMILES string of the molecule is O=C(NCc1ccccc1Cl)[C@H](Cc1ccccc1)NC(=O)[C@@H]1Cc2c([nH]c3ccccc23)C2c3ccccc3C(=O)N21. The van der Waals surface area contributed by atoms with E-state index >= 15 is 0 Å². The van der Waals surface area contributed by atoms with Gasteiger partial charge in [0.2, 0.25) is 11.8 Å². The van der Waals surface area contributed by atoms with Gasteiger partial charge in [0.1, 0.15) is 12.1 Å². The number of fused-ring (bicyclic) bond motifs is 7. The van der Waals surface area contributed by atoms with E-state index in [1.165, 1.54) is 0 Å². The zero-order valence-electron chi connectivity index (χ0n) is 23.2. The quantitative estimate of drug-likeness (QED) is 0.240. The molecular formula is C35H29ClN4O3. The van der Waals surface area contributed by atoms with Crippen LogP contribution in [0, 0.1) is 0 Å². The molecule has 0 radical (unpaired) electrons. The van der Waals surface area contributed by atoms with Gasteiger partial charge in [0.05, 0.1) is 6.04 Å². The van der Waals surface area contributed by atoms with Gasteiger partial charge in [-0.05, 0) is 40.5 Å². The molecule has 0 bridgehead atoms. The van der Waals surface area contributed by atoms with Crippen LogP contribution in [0.5, 0.6) is 0 Å². The summed E-state index contributed by atoms with van der Waals surface area (Å²) >= 11 is 6.32. The van der Waals surface area contributed by atoms with Gasteiger partial charge in [-0.25, -0.2) is 0 Å². The van der Waals surface area contributed by atoms with Crippen molar-refractivity contribution in [3.63, 3.8) is 0 Å². The number of aromatic nitrogens is 1. The molecule has 3 heterocycles. The first kappa shape index (κ1) is 27.0. The molecule has 43 heavy (non-hydrogen) atoms. The molecule has 0 spiro atoms. The van der Waals surface area contributed by atoms with E-state index in [0.29, 0.717) is 23.4 Å². The summed E-state index contributed by atoms with van der Waals surface area (Å²) in [6.07, 6.45) is 0.629. The van der Waals surface area contributed by atoms with Crippen LogP contribution in [0.15, 0.2) is 103 Å². The summed E-state index contributed by atoms with van der Waals surface area (Å²) in [6.45, 7) is 0.226. The predicted molar refractivity (Wildman–Crippen MR) is 166 cm³/mol. The highest BCUT2D eigenvalue weighted by Gasteiger charge is 2.49. The number of benzene rings is 4. The number of hydrogen-bond donors (Lipinski definition) is 3. The zero-order valence-corrected chi connectivity index (χ0v) is 24.0. The minimum atomic E-state index is -0.861. The van der Waals surface area contributed by atoms with Gasteiger partial charge in [0, 0.05) is 46.6 Å². The highest BCUT2D eigenvalue weighted by Crippen LogP contribution is 2.46. The van der Waals surface area contributed by atoms with Crippen LogP contribution in [0.4, 0.5) is 0 Å². The molecule has 7 nitrogen and oxygen atoms in total. The van der Waals surface area contributed by atoms with Crippen molar-refractivity contribution in [2.75, 3.05) is 0 Å². The smallest absolute Gasteiger partial charge is 0.255 e. The molecule has 1 aromatic heterocycles. The van der Waals surface area contributed by atoms with E-state index in [2.05, 4.69) is 15.6 Å². The lowest BCUT2D eigenvalue weighted by Crippen LogP contribution is -2.57. The first-order valence-electron chi connectivity index (χ1n) is 14.4. The summed E-state index contributed by atoms with van der Waals surface area (Å²) in [6, 6.07) is 30.3. The lowest BCUT2D eigenvalue weighted by atomic mass is 9.89. The van der Waals surface area contributed by atoms with E-state index in [0.717, 1.165) is 38.9 Å². The Morgan fingerprint density at radius 1 is 0.907 bits per heavy atom. The van der Waals surface area contributed by atoms with Crippen molar-refractivity contribution in [1.29, 1.82) is 0 Å². The van der Waals surface area contributed by atoms with Gasteiger partial charge >= 0.3 is 0 Å². The molecule has 1 unspecified atom stereocenters. The van der Waals surface area contributed by atoms with E-state index in [1.807, 2.05) is 97.1 Å². The Morgan fingerprint density at radius 3 is 2.47 bits per heavy atom. The van der Waals surface area contributed by atoms with Crippen molar-refractivity contribution < 1.29 is 14.4 Å². The van der Waals surface area contributed by atoms with Crippen molar-refractivity contribution >= 4 is 40.2 Å². The van der Waals surface area contributed by atoms with E-state index in [1.54, 1.807) is 11.0 Å². The third kappa shape index (κ3) is 4.85. The largest absolute Gasteiger partial charge is 0.356 e. The Hall–Kier alpha value is -4.88. The number of halogens is 1. The number of rotatable bonds is 7. The highest BCUT2D eigenvalue weighted by atomic mass is 35.5. The van der Waals surface area contributed by atoms with Crippen LogP contribution >= 0.6 is 11.6 Å². The Morgan fingerprint density at radius 2 is 1.63 bits per heavy atom. The molecule has 0 fully saturated rings. The molecule has 3 amide bonds. The highest BCUT2D eigenvalue weighted by molar-refractivity contribution is 6.31. The fourth-order valence-electron chi connectivity index (χ4n) is 6.41. The van der Waals surface area contributed by atoms with Crippen LogP contribution in [0.3, 0.4) is 0 Å². The fourth-order valence-corrected chi connectivity index (χ4v) is 6.61. The van der Waals surface area contributed by atoms with Gasteiger partial charge < -0.3 is 20.5 Å². The maximum atomic E-state index is 14.2. The molecule has 5 aromatic rings. The maximum Gasteiger partial charge on any atom is 0.255 e. The monoisotopic (exact) mass is 588 g/mol. The second-order valence-electron chi connectivity index (χ2n) is 11.0. The minimum Gasteiger partial charge on any atom is -0.356 e. The normalized spacial score (nSPS) is 17.6. The molecule has 3 N–H and O–H groups in total. The summed E-state index contributed by atoms with van der Waals surface area (Å²) in [5, 5.41) is 7.57. The summed E-state index contributed by atoms with van der Waals surface area (Å²) in [7, 11) is 0. The standard InChI is InChI=1S/C35H29ClN4O3/c36-27-16-8-4-12-22(27)20-37-33(41)29(18-21-10-2-1-3-11-21)39-34(42)30-19-26-23-13-7-9-17-28(23)38-31(26)32-24-14-5-6-15-25(24)35(43)40(30)32/h1-17,29-30,32,38H,18-20H2,(H,37,41)(H,39,42)/t29-,30-,32?/m0/s1. The summed E-state index contributed by atoms with van der Waals surface area (Å²) in [5.41, 5.74) is 6.07. The molecule has 2 aliphatic heterocycles. The molecule has 7 rings (SSSR count). The first-order chi connectivity index (χ1) is 21.0. The van der Waals surface area contributed by atoms with Gasteiger partial charge in [-0.2, -0.15) is 0 Å². The average Bonchev–Trinajstić information content (AvgIpc) is 3.55. The topological polar surface area (TPSA) is 94.3 Å². The number of carbonyl (C=O) groups excluding carboxylic acids is 3. The molecule has 3 atom stereocenters. The van der Waals surface area contributed by atoms with Crippen LogP contribution in [0.1, 0.15) is 44.3 Å². The number of aromatic amines is 1. The second-order valence-corrected chi connectivity index (χ2v) is 11.5. The van der Waals surface area contributed by atoms with E-state index in [9.17, 15) is 14.4 Å². The molecule has 0 saturated heterocycles. The number of carbonyl (C=O) groups is 3. The van der Waals surface area contributed by atoms with Crippen molar-refractivity contribution in [2.24, 2.45) is 0 Å². The number of amides is 3. The fraction of sp³-hybridized carbons (Fsp3) is 0.171. The predicted octanol–water partition coefficient (Wildman–Crippen LogP) is 5.34. The summed E-state index contributed by atoms with van der Waals surface area (Å²) in [4.78, 5) is 46.8. The number of nitrogens with zero attached hydrogens (tertiary/aromatic N) is 1. The maximum absolute atomic E-state index is 14.2. The van der Waals surface area contributed by atoms with Crippen molar-refractivity contribution in [3.8, 4) is 0 Å². The molecular weight excluding hydrogens is 560 g/mol. The van der Waals surface area contributed by atoms with Crippen molar-refractivity contribution in [1.82, 2.24) is 20.5 Å². The molecule has 0 aliphatic carbocycles. The lowest BCUT2D eigenvalue weighted by molar-refractivity contribution is -0.132. The minimum absolute atomic E-state index is 0.187. The van der Waals surface area contributed by atoms with Gasteiger partial charge in [0.25, 0.3) is 5.91 Å². The number of H-pyrrole nitrogens is 1. The molecule has 8 heteroatoms. The zero-order chi connectivity index (χ0) is 29.5. The van der Waals surface area contributed by atoms with Crippen LogP contribution in [-0.2, 0) is 29.0 Å². The van der Waals surface area contributed by atoms with Gasteiger partial charge in [0.15, 0.2) is 0 Å². The molecule has 4 aromatic carbocycles. The van der Waals surface area contributed by atoms with Crippen LogP contribution in [0.2, 0.25) is 5.02 Å². The van der Waals surface area contributed by atoms with Crippen LogP contribution in [-0.4, -0.2) is 39.7 Å². The van der Waals surface area contributed by atoms with Crippen LogP contribution in [0.25, 0.3) is 10.9 Å². The third-order valence-electron chi connectivity index (χ3n) is 8.48. The van der Waals surface area contributed by atoms with Crippen molar-refractivity contribution in [3.05, 3.63) is 142 Å². The summed E-state index contributed by atoms with van der Waals surface area (Å²) < 4.78 is 0. The van der Waals surface area contributed by atoms with Gasteiger partial charge in [-0.1, -0.05) is 96.5 Å². The molecule has 2 aliphatic rings. The Bertz CT molecular complexity index is 1870. The van der Waals surface area contributed by atoms with Gasteiger partial charge in [-0.3, -0.25) is 14.4 Å². The Balaban J connectivity index is 1.21. The molecule has 0 saturated carbocycles. The Kier molecular flexibility index (Phi) is 6.95.